The summed E-state index contributed by atoms with van der Waals surface area (Å²) in [5.41, 5.74) is -3.50. The van der Waals surface area contributed by atoms with E-state index in [-0.39, 0.29) is 38.3 Å². The summed E-state index contributed by atoms with van der Waals surface area (Å²) < 4.78 is 127. The number of benzene rings is 2. The summed E-state index contributed by atoms with van der Waals surface area (Å²) in [6, 6.07) is 3.68. The van der Waals surface area contributed by atoms with E-state index in [0.717, 1.165) is 12.1 Å². The average molecular weight is 584 g/mol. The van der Waals surface area contributed by atoms with Gasteiger partial charge in [-0.15, -0.1) is 0 Å². The topological polar surface area (TPSA) is 29.5 Å². The molecular formula is C28H30F9NO2. The molecule has 0 N–H and O–H groups in total. The minimum absolute atomic E-state index is 0.00855. The zero-order chi connectivity index (χ0) is 29.9. The van der Waals surface area contributed by atoms with Crippen molar-refractivity contribution in [3.63, 3.8) is 0 Å². The van der Waals surface area contributed by atoms with Gasteiger partial charge < -0.3 is 4.74 Å². The van der Waals surface area contributed by atoms with Crippen molar-refractivity contribution in [1.82, 2.24) is 4.90 Å². The highest BCUT2D eigenvalue weighted by Gasteiger charge is 2.42. The standard InChI is InChI=1S/C28H30F9NO2/c1-3-5-23(21-16-20(27(32,33)34)10-11-22(21)28(35,36)37)38-13-12-17(15-25(39)40-4-2)14-24(38)18-6-8-19(9-7-18)26(29,30)31/h6-11,16-17,23-24H,3-5,12-15H2,1-2H3/t17-,23+,24-/m0/s1. The lowest BCUT2D eigenvalue weighted by molar-refractivity contribution is -0.145. The molecule has 3 nitrogen and oxygen atoms in total. The van der Waals surface area contributed by atoms with Crippen LogP contribution in [0.5, 0.6) is 0 Å². The van der Waals surface area contributed by atoms with E-state index in [1.54, 1.807) is 18.7 Å². The number of hydrogen-bond donors (Lipinski definition) is 0. The number of piperidine rings is 1. The second-order valence-electron chi connectivity index (χ2n) is 9.87. The monoisotopic (exact) mass is 583 g/mol. The van der Waals surface area contributed by atoms with Crippen molar-refractivity contribution < 1.29 is 49.0 Å². The summed E-state index contributed by atoms with van der Waals surface area (Å²) in [7, 11) is 0. The van der Waals surface area contributed by atoms with Crippen molar-refractivity contribution in [2.75, 3.05) is 13.2 Å². The third kappa shape index (κ3) is 7.70. The van der Waals surface area contributed by atoms with E-state index < -0.39 is 58.8 Å². The summed E-state index contributed by atoms with van der Waals surface area (Å²) in [4.78, 5) is 13.8. The number of alkyl halides is 9. The van der Waals surface area contributed by atoms with Crippen molar-refractivity contribution >= 4 is 5.97 Å². The van der Waals surface area contributed by atoms with E-state index in [0.29, 0.717) is 36.6 Å². The lowest BCUT2D eigenvalue weighted by atomic mass is 9.82. The minimum atomic E-state index is -4.93. The molecular weight excluding hydrogens is 553 g/mol. The molecule has 1 heterocycles. The molecule has 0 spiro atoms. The second-order valence-corrected chi connectivity index (χ2v) is 9.87. The number of likely N-dealkylation sites (tertiary alicyclic amines) is 1. The Morgan fingerprint density at radius 1 is 0.900 bits per heavy atom. The molecule has 0 radical (unpaired) electrons. The van der Waals surface area contributed by atoms with Crippen molar-refractivity contribution in [2.24, 2.45) is 5.92 Å². The Bertz CT molecular complexity index is 1140. The largest absolute Gasteiger partial charge is 0.466 e. The van der Waals surface area contributed by atoms with E-state index in [4.69, 9.17) is 4.74 Å². The Kier molecular flexibility index (Phi) is 9.85. The van der Waals surface area contributed by atoms with Crippen LogP contribution in [0, 0.1) is 5.92 Å². The number of carbonyl (C=O) groups excluding carboxylic acids is 1. The Morgan fingerprint density at radius 3 is 2.02 bits per heavy atom. The van der Waals surface area contributed by atoms with Crippen molar-refractivity contribution in [3.05, 3.63) is 70.3 Å². The molecule has 1 aliphatic rings. The number of nitrogens with zero attached hydrogens (tertiary/aromatic N) is 1. The van der Waals surface area contributed by atoms with Crippen molar-refractivity contribution in [2.45, 2.75) is 76.6 Å². The van der Waals surface area contributed by atoms with Gasteiger partial charge in [0, 0.05) is 18.5 Å². The fraction of sp³-hybridized carbons (Fsp3) is 0.536. The zero-order valence-corrected chi connectivity index (χ0v) is 21.9. The van der Waals surface area contributed by atoms with Gasteiger partial charge in [0.05, 0.1) is 23.3 Å². The highest BCUT2D eigenvalue weighted by atomic mass is 19.4. The maximum atomic E-state index is 14.0. The molecule has 1 saturated heterocycles. The summed E-state index contributed by atoms with van der Waals surface area (Å²) in [5.74, 6) is -0.761. The van der Waals surface area contributed by atoms with Gasteiger partial charge in [-0.2, -0.15) is 39.5 Å². The molecule has 3 rings (SSSR count). The molecule has 0 aliphatic carbocycles. The van der Waals surface area contributed by atoms with Crippen LogP contribution in [-0.4, -0.2) is 24.0 Å². The smallest absolute Gasteiger partial charge is 0.416 e. The molecule has 0 bridgehead atoms. The first-order valence-electron chi connectivity index (χ1n) is 12.9. The maximum absolute atomic E-state index is 14.0. The molecule has 2 aromatic rings. The molecule has 0 saturated carbocycles. The van der Waals surface area contributed by atoms with Gasteiger partial charge in [0.25, 0.3) is 0 Å². The molecule has 0 unspecified atom stereocenters. The molecule has 12 heteroatoms. The highest BCUT2D eigenvalue weighted by Crippen LogP contribution is 2.47. The highest BCUT2D eigenvalue weighted by molar-refractivity contribution is 5.69. The Balaban J connectivity index is 2.12. The van der Waals surface area contributed by atoms with Crippen LogP contribution in [-0.2, 0) is 28.1 Å². The molecule has 40 heavy (non-hydrogen) atoms. The molecule has 3 atom stereocenters. The quantitative estimate of drug-likeness (QED) is 0.230. The molecule has 222 valence electrons. The lowest BCUT2D eigenvalue weighted by Crippen LogP contribution is -2.40. The summed E-state index contributed by atoms with van der Waals surface area (Å²) in [6.07, 6.45) is -13.5. The fourth-order valence-corrected chi connectivity index (χ4v) is 5.34. The molecule has 0 amide bonds. The maximum Gasteiger partial charge on any atom is 0.416 e. The van der Waals surface area contributed by atoms with Gasteiger partial charge in [-0.05, 0) is 80.1 Å². The third-order valence-corrected chi connectivity index (χ3v) is 7.14. The van der Waals surface area contributed by atoms with E-state index >= 15 is 0 Å². The van der Waals surface area contributed by atoms with Gasteiger partial charge in [0.1, 0.15) is 0 Å². The van der Waals surface area contributed by atoms with E-state index in [9.17, 15) is 44.3 Å². The number of hydrogen-bond acceptors (Lipinski definition) is 3. The summed E-state index contributed by atoms with van der Waals surface area (Å²) in [5, 5.41) is 0. The van der Waals surface area contributed by atoms with Gasteiger partial charge in [-0.1, -0.05) is 25.5 Å². The number of ether oxygens (including phenoxy) is 1. The number of rotatable bonds is 8. The first kappa shape index (κ1) is 31.8. The molecule has 1 fully saturated rings. The van der Waals surface area contributed by atoms with Crippen LogP contribution in [0.2, 0.25) is 0 Å². The van der Waals surface area contributed by atoms with Crippen LogP contribution in [0.25, 0.3) is 0 Å². The van der Waals surface area contributed by atoms with Crippen LogP contribution >= 0.6 is 0 Å². The Morgan fingerprint density at radius 2 is 1.50 bits per heavy atom. The first-order chi connectivity index (χ1) is 18.6. The van der Waals surface area contributed by atoms with Crippen LogP contribution < -0.4 is 0 Å². The van der Waals surface area contributed by atoms with Crippen LogP contribution in [0.15, 0.2) is 42.5 Å². The second kappa shape index (κ2) is 12.4. The van der Waals surface area contributed by atoms with E-state index in [1.807, 2.05) is 0 Å². The van der Waals surface area contributed by atoms with E-state index in [1.165, 1.54) is 12.1 Å². The lowest BCUT2D eigenvalue weighted by Gasteiger charge is -2.45. The predicted molar refractivity (Wildman–Crippen MR) is 129 cm³/mol. The fourth-order valence-electron chi connectivity index (χ4n) is 5.34. The Labute approximate surface area is 226 Å². The van der Waals surface area contributed by atoms with Crippen molar-refractivity contribution in [1.29, 1.82) is 0 Å². The van der Waals surface area contributed by atoms with Crippen LogP contribution in [0.4, 0.5) is 39.5 Å². The summed E-state index contributed by atoms with van der Waals surface area (Å²) >= 11 is 0. The predicted octanol–water partition coefficient (Wildman–Crippen LogP) is 8.99. The number of esters is 1. The third-order valence-electron chi connectivity index (χ3n) is 7.14. The van der Waals surface area contributed by atoms with Gasteiger partial charge in [-0.25, -0.2) is 0 Å². The van der Waals surface area contributed by atoms with Gasteiger partial charge in [-0.3, -0.25) is 9.69 Å². The summed E-state index contributed by atoms with van der Waals surface area (Å²) in [6.45, 7) is 3.59. The van der Waals surface area contributed by atoms with Gasteiger partial charge >= 0.3 is 24.5 Å². The number of halogens is 9. The minimum Gasteiger partial charge on any atom is -0.466 e. The van der Waals surface area contributed by atoms with E-state index in [2.05, 4.69) is 0 Å². The zero-order valence-electron chi connectivity index (χ0n) is 21.9. The van der Waals surface area contributed by atoms with Gasteiger partial charge in [0.15, 0.2) is 0 Å². The molecule has 2 aromatic carbocycles. The van der Waals surface area contributed by atoms with Gasteiger partial charge in [0.2, 0.25) is 0 Å². The molecule has 0 aromatic heterocycles. The first-order valence-corrected chi connectivity index (χ1v) is 12.9. The average Bonchev–Trinajstić information content (AvgIpc) is 2.86. The molecule has 1 aliphatic heterocycles. The van der Waals surface area contributed by atoms with Crippen molar-refractivity contribution in [3.8, 4) is 0 Å². The van der Waals surface area contributed by atoms with Crippen LogP contribution in [0.3, 0.4) is 0 Å². The number of carbonyl (C=O) groups is 1. The van der Waals surface area contributed by atoms with Crippen LogP contribution in [0.1, 0.15) is 85.9 Å². The normalized spacial score (nSPS) is 19.9. The Hall–Kier alpha value is -2.76. The SMILES string of the molecule is CCC[C@H](c1cc(C(F)(F)F)ccc1C(F)(F)F)N1CC[C@H](CC(=O)OCC)C[C@H]1c1ccc(C(F)(F)F)cc1.